The number of ketones is 3. The molecule has 3 N–H and O–H groups in total. The van der Waals surface area contributed by atoms with Crippen molar-refractivity contribution in [3.8, 4) is 0 Å². The van der Waals surface area contributed by atoms with Gasteiger partial charge in [-0.15, -0.1) is 0 Å². The molecule has 1 saturated carbocycles. The van der Waals surface area contributed by atoms with Crippen molar-refractivity contribution >= 4 is 47.1 Å². The molecule has 2 aromatic heterocycles. The van der Waals surface area contributed by atoms with Gasteiger partial charge in [0.1, 0.15) is 36.2 Å². The largest absolute Gasteiger partial charge is 0.460 e. The Labute approximate surface area is 531 Å². The van der Waals surface area contributed by atoms with Crippen LogP contribution in [0.1, 0.15) is 143 Å². The quantitative estimate of drug-likeness (QED) is 0.104. The summed E-state index contributed by atoms with van der Waals surface area (Å²) in [6, 6.07) is -1.48. The molecule has 90 heavy (non-hydrogen) atoms. The van der Waals surface area contributed by atoms with Gasteiger partial charge in [0.05, 0.1) is 31.0 Å². The molecule has 7 rings (SSSR count). The van der Waals surface area contributed by atoms with E-state index in [9.17, 15) is 44.1 Å². The minimum atomic E-state index is -2.47. The van der Waals surface area contributed by atoms with E-state index >= 15 is 0 Å². The molecule has 22 heteroatoms. The second-order valence-corrected chi connectivity index (χ2v) is 26.0. The lowest BCUT2D eigenvalue weighted by molar-refractivity contribution is -0.265. The lowest BCUT2D eigenvalue weighted by atomic mass is 9.78. The lowest BCUT2D eigenvalue weighted by Crippen LogP contribution is -2.61. The fourth-order valence-corrected chi connectivity index (χ4v) is 13.3. The zero-order valence-corrected chi connectivity index (χ0v) is 54.7. The van der Waals surface area contributed by atoms with E-state index in [2.05, 4.69) is 19.9 Å². The number of esters is 2. The summed E-state index contributed by atoms with van der Waals surface area (Å²) in [4.78, 5) is 109. The van der Waals surface area contributed by atoms with E-state index < -0.39 is 102 Å². The van der Waals surface area contributed by atoms with Crippen LogP contribution >= 0.6 is 0 Å². The highest BCUT2D eigenvalue weighted by Crippen LogP contribution is 2.38. The monoisotopic (exact) mass is 1250 g/mol. The van der Waals surface area contributed by atoms with E-state index in [1.54, 1.807) is 72.8 Å². The number of ether oxygens (including phenoxy) is 6. The minimum absolute atomic E-state index is 0.00803. The molecule has 22 nitrogen and oxygen atoms in total. The number of aliphatic hydroxyl groups excluding tert-OH is 2. The Morgan fingerprint density at radius 3 is 2.20 bits per heavy atom. The first-order valence-corrected chi connectivity index (χ1v) is 32.4. The Morgan fingerprint density at radius 1 is 0.789 bits per heavy atom. The van der Waals surface area contributed by atoms with Crippen molar-refractivity contribution in [1.29, 1.82) is 0 Å². The van der Waals surface area contributed by atoms with Crippen molar-refractivity contribution in [3.63, 3.8) is 0 Å². The number of carbonyl (C=O) groups excluding carboxylic acids is 6. The van der Waals surface area contributed by atoms with E-state index in [0.29, 0.717) is 108 Å². The summed E-state index contributed by atoms with van der Waals surface area (Å²) in [6.07, 6.45) is 17.6. The molecule has 1 aliphatic carbocycles. The maximum atomic E-state index is 14.7. The number of anilines is 2. The van der Waals surface area contributed by atoms with Gasteiger partial charge in [-0.3, -0.25) is 24.0 Å². The maximum Gasteiger partial charge on any atom is 0.329 e. The van der Waals surface area contributed by atoms with Gasteiger partial charge in [-0.2, -0.15) is 0 Å². The van der Waals surface area contributed by atoms with Crippen molar-refractivity contribution < 1.29 is 72.5 Å². The Hall–Kier alpha value is -6.14. The third-order valence-electron chi connectivity index (χ3n) is 19.0. The third kappa shape index (κ3) is 18.6. The van der Waals surface area contributed by atoms with Crippen LogP contribution in [0.25, 0.3) is 0 Å². The van der Waals surface area contributed by atoms with E-state index in [0.717, 1.165) is 16.7 Å². The molecule has 4 fully saturated rings. The minimum Gasteiger partial charge on any atom is -0.460 e. The topological polar surface area (TPSA) is 280 Å². The molecular formula is C68H99N7O15. The van der Waals surface area contributed by atoms with E-state index in [-0.39, 0.29) is 61.9 Å². The van der Waals surface area contributed by atoms with Crippen molar-refractivity contribution in [2.75, 3.05) is 63.9 Å². The maximum absolute atomic E-state index is 14.7. The number of methoxy groups -OCH3 is 3. The molecule has 16 atom stereocenters. The van der Waals surface area contributed by atoms with E-state index in [1.807, 2.05) is 67.9 Å². The number of allylic oxidation sites excluding steroid dienone is 6. The summed E-state index contributed by atoms with van der Waals surface area (Å²) in [6.45, 7) is 16.1. The predicted molar refractivity (Wildman–Crippen MR) is 337 cm³/mol. The summed E-state index contributed by atoms with van der Waals surface area (Å²) in [5.41, 5.74) is 2.93. The molecule has 4 aliphatic heterocycles. The van der Waals surface area contributed by atoms with Crippen LogP contribution in [0.5, 0.6) is 0 Å². The molecule has 0 spiro atoms. The van der Waals surface area contributed by atoms with Gasteiger partial charge in [0.25, 0.3) is 11.7 Å². The number of fused-ring (bicyclic) bond motifs is 3. The van der Waals surface area contributed by atoms with Gasteiger partial charge in [-0.1, -0.05) is 71.1 Å². The van der Waals surface area contributed by atoms with Crippen LogP contribution in [-0.4, -0.2) is 190 Å². The second-order valence-electron chi connectivity index (χ2n) is 26.0. The number of rotatable bonds is 13. The van der Waals surface area contributed by atoms with Crippen LogP contribution in [0.3, 0.4) is 0 Å². The zero-order chi connectivity index (χ0) is 65.4. The van der Waals surface area contributed by atoms with Crippen LogP contribution in [-0.2, 0) is 63.6 Å². The summed E-state index contributed by atoms with van der Waals surface area (Å²) >= 11 is 0. The number of Topliss-reactive ketones (excluding diaryl/α,β-unsaturated/α-hetero) is 3. The van der Waals surface area contributed by atoms with Gasteiger partial charge < -0.3 is 58.4 Å². The summed E-state index contributed by atoms with van der Waals surface area (Å²) in [7, 11) is 4.52. The average molecular weight is 1250 g/mol. The highest BCUT2D eigenvalue weighted by molar-refractivity contribution is 6.39. The molecule has 496 valence electrons. The standard InChI is InChI=1S/C68H99N7O15/c1-41-17-13-12-14-18-43(3)56(85-9)33-52-23-20-48(8)68(84,90-52)63(81)64(82)75-26-16-15-19-53(75)65(83)89-57(34-54(77)44(4)30-47(7)61(80)62(87-11)60(79)46(6)29-41)45(5)31-49-21-24-55(58(32-49)86-10)88-59(78)25-22-50-37-71-67(72-38-50)74-28-27-73(39-51(74)40-76)66-69-35-42(2)36-70-66/h12-14,17-18,30,35-38,41,44-46,48-49,51-53,55-58,61-62,76,80,84H,15-16,19-29,31-34,39-40H2,1-11H3/b14-12+,17-13+,43-18+,47-30+/t41-,44-,45-,46-,48-,49+,51?,52+,53+,55-,56+,57+,58-,61-,62+,68-/m1/s1. The molecule has 5 aliphatic rings. The van der Waals surface area contributed by atoms with Gasteiger partial charge in [0, 0.05) is 109 Å². The van der Waals surface area contributed by atoms with Crippen molar-refractivity contribution in [3.05, 3.63) is 83.5 Å². The van der Waals surface area contributed by atoms with Gasteiger partial charge in [0.15, 0.2) is 5.78 Å². The number of piperidine rings is 1. The van der Waals surface area contributed by atoms with Crippen LogP contribution < -0.4 is 9.80 Å². The number of hydrogen-bond acceptors (Lipinski definition) is 21. The van der Waals surface area contributed by atoms with Crippen LogP contribution in [0.15, 0.2) is 72.4 Å². The number of aromatic nitrogens is 4. The summed E-state index contributed by atoms with van der Waals surface area (Å²) < 4.78 is 36.1. The smallest absolute Gasteiger partial charge is 0.329 e. The predicted octanol–water partition coefficient (Wildman–Crippen LogP) is 6.94. The van der Waals surface area contributed by atoms with E-state index in [1.165, 1.54) is 12.0 Å². The molecule has 0 radical (unpaired) electrons. The fourth-order valence-electron chi connectivity index (χ4n) is 13.3. The molecule has 1 unspecified atom stereocenters. The number of cyclic esters (lactones) is 1. The second kappa shape index (κ2) is 33.4. The van der Waals surface area contributed by atoms with Crippen molar-refractivity contribution in [2.24, 2.45) is 35.5 Å². The van der Waals surface area contributed by atoms with Crippen LogP contribution in [0.2, 0.25) is 0 Å². The first-order chi connectivity index (χ1) is 43.0. The molecule has 0 aromatic carbocycles. The summed E-state index contributed by atoms with van der Waals surface area (Å²) in [5, 5.41) is 34.0. The van der Waals surface area contributed by atoms with Crippen LogP contribution in [0, 0.1) is 42.4 Å². The molecule has 1 amide bonds. The number of aryl methyl sites for hydroxylation is 2. The molecule has 2 aromatic rings. The van der Waals surface area contributed by atoms with Gasteiger partial charge in [0.2, 0.25) is 17.7 Å². The normalized spacial score (nSPS) is 34.2. The Balaban J connectivity index is 1.04. The third-order valence-corrected chi connectivity index (χ3v) is 19.0. The summed E-state index contributed by atoms with van der Waals surface area (Å²) in [5.74, 6) is -7.86. The van der Waals surface area contributed by atoms with Crippen LogP contribution in [0.4, 0.5) is 11.9 Å². The number of hydrogen-bond donors (Lipinski definition) is 3. The zero-order valence-electron chi connectivity index (χ0n) is 54.7. The molecule has 6 heterocycles. The molecular weight excluding hydrogens is 1150 g/mol. The highest BCUT2D eigenvalue weighted by atomic mass is 16.6. The van der Waals surface area contributed by atoms with E-state index in [4.69, 9.17) is 28.4 Å². The fraction of sp³-hybridized carbons (Fsp3) is 0.676. The van der Waals surface area contributed by atoms with Gasteiger partial charge in [-0.25, -0.2) is 24.7 Å². The SMILES string of the molecule is CO[C@H]1C[C@@H]2CC[C@@H](C)[C@@](O)(O2)C(=O)C(=O)N2CCCC[C@H]2C(=O)O[C@H]([C@H](C)C[C@@H]2CC[C@@H](OC(=O)CCc3cnc(N4CCN(c5ncc(C)cn5)CC4CO)nc3)[C@H](OC)C2)CC(=O)[C@H](C)/C=C(\C)[C@@H](O)[C@@H](OC)C(=O)[C@H](C)C[C@H](C)/C=C/C=C/C=C/1C. The van der Waals surface area contributed by atoms with Gasteiger partial charge >= 0.3 is 11.9 Å². The molecule has 2 bridgehead atoms. The van der Waals surface area contributed by atoms with Gasteiger partial charge in [-0.05, 0) is 131 Å². The molecule has 3 saturated heterocycles. The van der Waals surface area contributed by atoms with Crippen molar-refractivity contribution in [2.45, 2.75) is 206 Å². The number of aliphatic hydroxyl groups is 3. The lowest BCUT2D eigenvalue weighted by Gasteiger charge is -2.42. The number of nitrogens with zero attached hydrogens (tertiary/aromatic N) is 7. The Morgan fingerprint density at radius 2 is 1.51 bits per heavy atom. The number of amides is 1. The average Bonchev–Trinajstić information content (AvgIpc) is 1.07. The Kier molecular flexibility index (Phi) is 26.5. The highest BCUT2D eigenvalue weighted by Gasteiger charge is 2.53. The van der Waals surface area contributed by atoms with Crippen molar-refractivity contribution in [1.82, 2.24) is 24.8 Å². The first kappa shape index (κ1) is 71.3. The number of piperazine rings is 1. The Bertz CT molecular complexity index is 2870. The number of carbonyl (C=O) groups is 6. The first-order valence-electron chi connectivity index (χ1n) is 32.4.